The van der Waals surface area contributed by atoms with E-state index in [1.807, 2.05) is 0 Å². The van der Waals surface area contributed by atoms with Crippen molar-refractivity contribution in [1.29, 1.82) is 0 Å². The Morgan fingerprint density at radius 3 is 2.50 bits per heavy atom. The number of nitrogens with zero attached hydrogens (tertiary/aromatic N) is 2. The van der Waals surface area contributed by atoms with Crippen LogP contribution in [0.3, 0.4) is 0 Å². The predicted molar refractivity (Wildman–Crippen MR) is 91.5 cm³/mol. The van der Waals surface area contributed by atoms with Crippen molar-refractivity contribution in [3.05, 3.63) is 58.9 Å². The molecule has 6 nitrogen and oxygen atoms in total. The summed E-state index contributed by atoms with van der Waals surface area (Å²) in [6.07, 6.45) is 0. The van der Waals surface area contributed by atoms with Crippen molar-refractivity contribution in [1.82, 2.24) is 10.2 Å². The van der Waals surface area contributed by atoms with E-state index < -0.39 is 10.0 Å². The van der Waals surface area contributed by atoms with E-state index in [9.17, 15) is 8.42 Å². The molecule has 0 saturated carbocycles. The van der Waals surface area contributed by atoms with E-state index in [0.29, 0.717) is 27.7 Å². The van der Waals surface area contributed by atoms with Crippen LogP contribution in [-0.4, -0.2) is 18.6 Å². The number of aromatic nitrogens is 2. The van der Waals surface area contributed by atoms with Crippen LogP contribution >= 0.6 is 11.6 Å². The zero-order valence-electron chi connectivity index (χ0n) is 12.9. The van der Waals surface area contributed by atoms with Gasteiger partial charge in [-0.3, -0.25) is 4.72 Å². The van der Waals surface area contributed by atoms with E-state index in [-0.39, 0.29) is 10.8 Å². The van der Waals surface area contributed by atoms with Crippen molar-refractivity contribution in [2.45, 2.75) is 18.7 Å². The standard InChI is InChI=1S/C16H14ClN3O3S/c1-10-13(17)7-5-9-15(10)24(21,22)20-14-8-4-3-6-12(14)16-19-18-11(2)23-16/h3-9,20H,1-2H3. The van der Waals surface area contributed by atoms with Gasteiger partial charge in [0.25, 0.3) is 10.0 Å². The van der Waals surface area contributed by atoms with Crippen LogP contribution in [0.2, 0.25) is 5.02 Å². The summed E-state index contributed by atoms with van der Waals surface area (Å²) in [7, 11) is -3.81. The first-order valence-electron chi connectivity index (χ1n) is 7.06. The fourth-order valence-electron chi connectivity index (χ4n) is 2.24. The molecule has 0 aliphatic rings. The second kappa shape index (κ2) is 6.26. The Balaban J connectivity index is 2.04. The van der Waals surface area contributed by atoms with Gasteiger partial charge in [-0.25, -0.2) is 8.42 Å². The molecule has 0 fully saturated rings. The normalized spacial score (nSPS) is 11.5. The smallest absolute Gasteiger partial charge is 0.262 e. The average molecular weight is 364 g/mol. The molecule has 0 aliphatic heterocycles. The number of hydrogen-bond donors (Lipinski definition) is 1. The number of rotatable bonds is 4. The first kappa shape index (κ1) is 16.5. The maximum atomic E-state index is 12.7. The van der Waals surface area contributed by atoms with Crippen LogP contribution in [0.15, 0.2) is 51.8 Å². The monoisotopic (exact) mass is 363 g/mol. The van der Waals surface area contributed by atoms with Gasteiger partial charge in [-0.1, -0.05) is 29.8 Å². The van der Waals surface area contributed by atoms with Gasteiger partial charge in [0.2, 0.25) is 11.8 Å². The Bertz CT molecular complexity index is 999. The first-order valence-corrected chi connectivity index (χ1v) is 8.92. The van der Waals surface area contributed by atoms with Crippen LogP contribution in [-0.2, 0) is 10.0 Å². The van der Waals surface area contributed by atoms with Crippen molar-refractivity contribution >= 4 is 27.3 Å². The van der Waals surface area contributed by atoms with Gasteiger partial charge in [0.05, 0.1) is 16.1 Å². The molecule has 0 radical (unpaired) electrons. The number of aryl methyl sites for hydroxylation is 1. The Kier molecular flexibility index (Phi) is 4.29. The van der Waals surface area contributed by atoms with E-state index in [2.05, 4.69) is 14.9 Å². The summed E-state index contributed by atoms with van der Waals surface area (Å²) in [6, 6.07) is 11.6. The molecule has 3 rings (SSSR count). The summed E-state index contributed by atoms with van der Waals surface area (Å²) in [5, 5.41) is 8.10. The zero-order valence-corrected chi connectivity index (χ0v) is 14.5. The molecule has 0 unspecified atom stereocenters. The largest absolute Gasteiger partial charge is 0.421 e. The van der Waals surface area contributed by atoms with Crippen molar-refractivity contribution < 1.29 is 12.8 Å². The number of halogens is 1. The van der Waals surface area contributed by atoms with Gasteiger partial charge >= 0.3 is 0 Å². The van der Waals surface area contributed by atoms with Gasteiger partial charge in [-0.05, 0) is 36.8 Å². The van der Waals surface area contributed by atoms with Gasteiger partial charge in [0, 0.05) is 11.9 Å². The van der Waals surface area contributed by atoms with Crippen molar-refractivity contribution in [2.24, 2.45) is 0 Å². The first-order chi connectivity index (χ1) is 11.4. The molecule has 0 aliphatic carbocycles. The van der Waals surface area contributed by atoms with Crippen LogP contribution in [0, 0.1) is 13.8 Å². The second-order valence-corrected chi connectivity index (χ2v) is 7.20. The lowest BCUT2D eigenvalue weighted by Gasteiger charge is -2.13. The zero-order chi connectivity index (χ0) is 17.3. The minimum Gasteiger partial charge on any atom is -0.421 e. The molecule has 1 heterocycles. The Morgan fingerprint density at radius 2 is 1.79 bits per heavy atom. The van der Waals surface area contributed by atoms with Crippen LogP contribution in [0.5, 0.6) is 0 Å². The summed E-state index contributed by atoms with van der Waals surface area (Å²) in [4.78, 5) is 0.117. The van der Waals surface area contributed by atoms with Gasteiger partial charge < -0.3 is 4.42 Å². The minimum atomic E-state index is -3.81. The SMILES string of the molecule is Cc1nnc(-c2ccccc2NS(=O)(=O)c2cccc(Cl)c2C)o1. The van der Waals surface area contributed by atoms with Crippen molar-refractivity contribution in [3.63, 3.8) is 0 Å². The maximum absolute atomic E-state index is 12.7. The van der Waals surface area contributed by atoms with E-state index in [1.165, 1.54) is 6.07 Å². The molecule has 0 spiro atoms. The van der Waals surface area contributed by atoms with Crippen molar-refractivity contribution in [3.8, 4) is 11.5 Å². The highest BCUT2D eigenvalue weighted by Crippen LogP contribution is 2.30. The molecule has 0 atom stereocenters. The molecule has 1 N–H and O–H groups in total. The molecule has 8 heteroatoms. The van der Waals surface area contributed by atoms with Crippen LogP contribution in [0.1, 0.15) is 11.5 Å². The number of anilines is 1. The summed E-state index contributed by atoms with van der Waals surface area (Å²) in [6.45, 7) is 3.32. The van der Waals surface area contributed by atoms with E-state index >= 15 is 0 Å². The average Bonchev–Trinajstić information content (AvgIpc) is 2.96. The minimum absolute atomic E-state index is 0.117. The third kappa shape index (κ3) is 3.13. The van der Waals surface area contributed by atoms with E-state index in [0.717, 1.165) is 0 Å². The molecule has 24 heavy (non-hydrogen) atoms. The molecule has 3 aromatic rings. The summed E-state index contributed by atoms with van der Waals surface area (Å²) in [5.74, 6) is 0.641. The number of benzene rings is 2. The third-order valence-corrected chi connectivity index (χ3v) is 5.35. The van der Waals surface area contributed by atoms with E-state index in [1.54, 1.807) is 50.2 Å². The van der Waals surface area contributed by atoms with Crippen LogP contribution in [0.4, 0.5) is 5.69 Å². The Labute approximate surface area is 144 Å². The number of nitrogens with one attached hydrogen (secondary N) is 1. The summed E-state index contributed by atoms with van der Waals surface area (Å²) >= 11 is 6.03. The second-order valence-electron chi connectivity index (χ2n) is 5.14. The molecular formula is C16H14ClN3O3S. The fourth-order valence-corrected chi connectivity index (χ4v) is 3.82. The molecular weight excluding hydrogens is 350 g/mol. The molecule has 0 saturated heterocycles. The lowest BCUT2D eigenvalue weighted by Crippen LogP contribution is -2.15. The predicted octanol–water partition coefficient (Wildman–Crippen LogP) is 3.81. The summed E-state index contributed by atoms with van der Waals surface area (Å²) < 4.78 is 33.4. The Morgan fingerprint density at radius 1 is 1.04 bits per heavy atom. The molecule has 124 valence electrons. The molecule has 2 aromatic carbocycles. The highest BCUT2D eigenvalue weighted by atomic mass is 35.5. The topological polar surface area (TPSA) is 85.1 Å². The van der Waals surface area contributed by atoms with Gasteiger partial charge in [0.15, 0.2) is 0 Å². The number of sulfonamides is 1. The number of hydrogen-bond acceptors (Lipinski definition) is 5. The van der Waals surface area contributed by atoms with Gasteiger partial charge in [0.1, 0.15) is 0 Å². The lowest BCUT2D eigenvalue weighted by atomic mass is 10.2. The van der Waals surface area contributed by atoms with E-state index in [4.69, 9.17) is 16.0 Å². The van der Waals surface area contributed by atoms with Crippen LogP contribution < -0.4 is 4.72 Å². The van der Waals surface area contributed by atoms with Gasteiger partial charge in [-0.15, -0.1) is 10.2 Å². The van der Waals surface area contributed by atoms with Crippen LogP contribution in [0.25, 0.3) is 11.5 Å². The van der Waals surface area contributed by atoms with Gasteiger partial charge in [-0.2, -0.15) is 0 Å². The summed E-state index contributed by atoms with van der Waals surface area (Å²) in [5.41, 5.74) is 1.33. The highest BCUT2D eigenvalue weighted by Gasteiger charge is 2.21. The molecule has 0 amide bonds. The highest BCUT2D eigenvalue weighted by molar-refractivity contribution is 7.92. The third-order valence-electron chi connectivity index (χ3n) is 3.44. The number of para-hydroxylation sites is 1. The van der Waals surface area contributed by atoms with Crippen molar-refractivity contribution in [2.75, 3.05) is 4.72 Å². The molecule has 1 aromatic heterocycles. The fraction of sp³-hybridized carbons (Fsp3) is 0.125. The molecule has 0 bridgehead atoms. The maximum Gasteiger partial charge on any atom is 0.262 e. The Hall–Kier alpha value is -2.38. The quantitative estimate of drug-likeness (QED) is 0.761. The lowest BCUT2D eigenvalue weighted by molar-refractivity contribution is 0.533.